The van der Waals surface area contributed by atoms with Gasteiger partial charge in [0, 0.05) is 23.5 Å². The number of carbonyl (C=O) groups excluding carboxylic acids is 1. The maximum atomic E-state index is 13.3. The van der Waals surface area contributed by atoms with Crippen LogP contribution in [-0.4, -0.2) is 31.3 Å². The zero-order chi connectivity index (χ0) is 21.8. The van der Waals surface area contributed by atoms with Crippen molar-refractivity contribution in [2.75, 3.05) is 5.75 Å². The quantitative estimate of drug-likeness (QED) is 0.300. The molecule has 2 aromatic heterocycles. The Labute approximate surface area is 180 Å². The topological polar surface area (TPSA) is 60.7 Å². The highest BCUT2D eigenvalue weighted by Crippen LogP contribution is 2.33. The predicted molar refractivity (Wildman–Crippen MR) is 111 cm³/mol. The molecule has 0 aliphatic rings. The number of benzene rings is 2. The van der Waals surface area contributed by atoms with Crippen LogP contribution in [0.4, 0.5) is 13.2 Å². The lowest BCUT2D eigenvalue weighted by Gasteiger charge is -2.13. The maximum Gasteiger partial charge on any atom is 0.416 e. The molecule has 0 aliphatic carbocycles. The van der Waals surface area contributed by atoms with Gasteiger partial charge in [-0.15, -0.1) is 10.2 Å². The Balaban J connectivity index is 1.73. The highest BCUT2D eigenvalue weighted by Gasteiger charge is 2.31. The molecule has 2 heterocycles. The monoisotopic (exact) mass is 440 g/mol. The van der Waals surface area contributed by atoms with Gasteiger partial charge in [0.2, 0.25) is 0 Å². The molecule has 0 amide bonds. The first-order valence-corrected chi connectivity index (χ1v) is 10.2. The number of carbonyl (C=O) groups is 1. The van der Waals surface area contributed by atoms with Crippen LogP contribution in [0.2, 0.25) is 0 Å². The molecule has 0 radical (unpaired) electrons. The van der Waals surface area contributed by atoms with Gasteiger partial charge in [0.25, 0.3) is 0 Å². The van der Waals surface area contributed by atoms with Crippen molar-refractivity contribution in [2.24, 2.45) is 0 Å². The van der Waals surface area contributed by atoms with Crippen molar-refractivity contribution < 1.29 is 18.0 Å². The van der Waals surface area contributed by atoms with Crippen LogP contribution in [0.15, 0.2) is 84.3 Å². The van der Waals surface area contributed by atoms with Crippen LogP contribution in [0.25, 0.3) is 17.1 Å². The Morgan fingerprint density at radius 3 is 2.39 bits per heavy atom. The van der Waals surface area contributed by atoms with Gasteiger partial charge in [0.05, 0.1) is 17.0 Å². The molecule has 0 atom stereocenters. The highest BCUT2D eigenvalue weighted by molar-refractivity contribution is 7.99. The fourth-order valence-corrected chi connectivity index (χ4v) is 3.79. The van der Waals surface area contributed by atoms with Crippen LogP contribution in [0.1, 0.15) is 15.9 Å². The second-order valence-corrected chi connectivity index (χ2v) is 7.45. The summed E-state index contributed by atoms with van der Waals surface area (Å²) in [7, 11) is 0. The molecule has 0 aliphatic heterocycles. The summed E-state index contributed by atoms with van der Waals surface area (Å²) in [6.45, 7) is 0. The molecule has 9 heteroatoms. The van der Waals surface area contributed by atoms with E-state index >= 15 is 0 Å². The zero-order valence-electron chi connectivity index (χ0n) is 16.0. The average molecular weight is 440 g/mol. The largest absolute Gasteiger partial charge is 0.416 e. The van der Waals surface area contributed by atoms with E-state index in [9.17, 15) is 18.0 Å². The summed E-state index contributed by atoms with van der Waals surface area (Å²) >= 11 is 1.12. The van der Waals surface area contributed by atoms with E-state index in [2.05, 4.69) is 15.2 Å². The minimum atomic E-state index is -4.49. The Kier molecular flexibility index (Phi) is 5.85. The Hall–Kier alpha value is -3.46. The number of rotatable bonds is 6. The number of hydrogen-bond acceptors (Lipinski definition) is 5. The SMILES string of the molecule is O=C(CSc1nnc(-c2ccncc2)n1-c1cccc(C(F)(F)F)c1)c1ccccc1. The molecular weight excluding hydrogens is 425 g/mol. The number of thioether (sulfide) groups is 1. The van der Waals surface area contributed by atoms with Crippen molar-refractivity contribution in [3.8, 4) is 17.1 Å². The normalized spacial score (nSPS) is 11.5. The highest BCUT2D eigenvalue weighted by atomic mass is 32.2. The van der Waals surface area contributed by atoms with Crippen LogP contribution in [-0.2, 0) is 6.18 Å². The van der Waals surface area contributed by atoms with E-state index in [0.29, 0.717) is 22.1 Å². The number of aromatic nitrogens is 4. The molecule has 5 nitrogen and oxygen atoms in total. The minimum absolute atomic E-state index is 0.0669. The molecule has 0 saturated carbocycles. The van der Waals surface area contributed by atoms with Gasteiger partial charge in [-0.3, -0.25) is 14.3 Å². The summed E-state index contributed by atoms with van der Waals surface area (Å²) in [5.41, 5.74) is 0.660. The molecule has 0 unspecified atom stereocenters. The summed E-state index contributed by atoms with van der Waals surface area (Å²) in [5, 5.41) is 8.64. The van der Waals surface area contributed by atoms with Gasteiger partial charge in [-0.1, -0.05) is 48.2 Å². The lowest BCUT2D eigenvalue weighted by molar-refractivity contribution is -0.137. The molecule has 156 valence electrons. The first-order chi connectivity index (χ1) is 14.9. The number of halogens is 3. The van der Waals surface area contributed by atoms with Crippen LogP contribution in [0.3, 0.4) is 0 Å². The van der Waals surface area contributed by atoms with E-state index in [4.69, 9.17) is 0 Å². The summed E-state index contributed by atoms with van der Waals surface area (Å²) < 4.78 is 41.4. The number of Topliss-reactive ketones (excluding diaryl/α,β-unsaturated/α-hetero) is 1. The Morgan fingerprint density at radius 1 is 0.935 bits per heavy atom. The van der Waals surface area contributed by atoms with Crippen molar-refractivity contribution >= 4 is 17.5 Å². The van der Waals surface area contributed by atoms with E-state index < -0.39 is 11.7 Å². The third-order valence-electron chi connectivity index (χ3n) is 4.43. The Morgan fingerprint density at radius 2 is 1.68 bits per heavy atom. The van der Waals surface area contributed by atoms with Gasteiger partial charge in [-0.2, -0.15) is 13.2 Å². The van der Waals surface area contributed by atoms with Gasteiger partial charge < -0.3 is 0 Å². The lowest BCUT2D eigenvalue weighted by Crippen LogP contribution is -2.08. The zero-order valence-corrected chi connectivity index (χ0v) is 16.8. The van der Waals surface area contributed by atoms with Gasteiger partial charge in [0.1, 0.15) is 0 Å². The smallest absolute Gasteiger partial charge is 0.293 e. The van der Waals surface area contributed by atoms with Crippen LogP contribution < -0.4 is 0 Å². The molecular formula is C22H15F3N4OS. The number of pyridine rings is 1. The van der Waals surface area contributed by atoms with E-state index in [0.717, 1.165) is 23.9 Å². The summed E-state index contributed by atoms with van der Waals surface area (Å²) in [6, 6.07) is 17.1. The van der Waals surface area contributed by atoms with E-state index in [1.807, 2.05) is 6.07 Å². The summed E-state index contributed by atoms with van der Waals surface area (Å²) in [6.07, 6.45) is -1.37. The lowest BCUT2D eigenvalue weighted by atomic mass is 10.2. The predicted octanol–water partition coefficient (Wildman–Crippen LogP) is 5.32. The molecule has 4 rings (SSSR count). The van der Waals surface area contributed by atoms with E-state index in [1.165, 1.54) is 10.6 Å². The molecule has 0 N–H and O–H groups in total. The number of nitrogens with zero attached hydrogens (tertiary/aromatic N) is 4. The number of alkyl halides is 3. The van der Waals surface area contributed by atoms with Crippen molar-refractivity contribution in [3.05, 3.63) is 90.3 Å². The van der Waals surface area contributed by atoms with Gasteiger partial charge in [-0.05, 0) is 30.3 Å². The molecule has 4 aromatic rings. The maximum absolute atomic E-state index is 13.3. The molecule has 31 heavy (non-hydrogen) atoms. The standard InChI is InChI=1S/C22H15F3N4OS/c23-22(24,25)17-7-4-8-18(13-17)29-20(16-9-11-26-12-10-16)27-28-21(29)31-14-19(30)15-5-2-1-3-6-15/h1-13H,14H2. The summed E-state index contributed by atoms with van der Waals surface area (Å²) in [5.74, 6) is 0.309. The van der Waals surface area contributed by atoms with Crippen molar-refractivity contribution in [1.82, 2.24) is 19.7 Å². The first-order valence-electron chi connectivity index (χ1n) is 9.18. The van der Waals surface area contributed by atoms with Crippen molar-refractivity contribution in [3.63, 3.8) is 0 Å². The fraction of sp³-hybridized carbons (Fsp3) is 0.0909. The van der Waals surface area contributed by atoms with Gasteiger partial charge in [-0.25, -0.2) is 0 Å². The third-order valence-corrected chi connectivity index (χ3v) is 5.36. The van der Waals surface area contributed by atoms with Crippen molar-refractivity contribution in [2.45, 2.75) is 11.3 Å². The van der Waals surface area contributed by atoms with Crippen molar-refractivity contribution in [1.29, 1.82) is 0 Å². The second kappa shape index (κ2) is 8.73. The number of hydrogen-bond donors (Lipinski definition) is 0. The van der Waals surface area contributed by atoms with E-state index in [-0.39, 0.29) is 17.2 Å². The average Bonchev–Trinajstić information content (AvgIpc) is 3.22. The molecule has 2 aromatic carbocycles. The van der Waals surface area contributed by atoms with Crippen LogP contribution in [0.5, 0.6) is 0 Å². The summed E-state index contributed by atoms with van der Waals surface area (Å²) in [4.78, 5) is 16.5. The fourth-order valence-electron chi connectivity index (χ4n) is 2.94. The second-order valence-electron chi connectivity index (χ2n) is 6.50. The van der Waals surface area contributed by atoms with Gasteiger partial charge in [0.15, 0.2) is 16.8 Å². The van der Waals surface area contributed by atoms with Crippen LogP contribution >= 0.6 is 11.8 Å². The minimum Gasteiger partial charge on any atom is -0.293 e. The molecule has 0 saturated heterocycles. The number of ketones is 1. The molecule has 0 bridgehead atoms. The molecule has 0 spiro atoms. The van der Waals surface area contributed by atoms with Crippen LogP contribution in [0, 0.1) is 0 Å². The van der Waals surface area contributed by atoms with E-state index in [1.54, 1.807) is 54.9 Å². The Bertz CT molecular complexity index is 1190. The first kappa shape index (κ1) is 20.8. The third kappa shape index (κ3) is 4.66. The van der Waals surface area contributed by atoms with Gasteiger partial charge >= 0.3 is 6.18 Å². The molecule has 0 fully saturated rings.